The molecule has 3 N–H and O–H groups in total. The third kappa shape index (κ3) is 4.19. The Kier molecular flexibility index (Phi) is 4.89. The SMILES string of the molecule is CCCCN(NC=O)C(N)=O. The average molecular weight is 159 g/mol. The number of nitrogens with one attached hydrogen (secondary N) is 1. The smallest absolute Gasteiger partial charge is 0.333 e. The zero-order valence-electron chi connectivity index (χ0n) is 6.54. The molecule has 0 saturated heterocycles. The largest absolute Gasteiger partial charge is 0.350 e. The Hall–Kier alpha value is -1.26. The van der Waals surface area contributed by atoms with Gasteiger partial charge in [-0.05, 0) is 6.42 Å². The van der Waals surface area contributed by atoms with Crippen LogP contribution in [0.4, 0.5) is 4.79 Å². The van der Waals surface area contributed by atoms with Crippen molar-refractivity contribution < 1.29 is 9.59 Å². The summed E-state index contributed by atoms with van der Waals surface area (Å²) in [6.45, 7) is 2.45. The lowest BCUT2D eigenvalue weighted by Gasteiger charge is -2.17. The van der Waals surface area contributed by atoms with E-state index in [2.05, 4.69) is 5.43 Å². The number of nitrogens with zero attached hydrogens (tertiary/aromatic N) is 1. The Morgan fingerprint density at radius 1 is 1.73 bits per heavy atom. The Balaban J connectivity index is 3.69. The van der Waals surface area contributed by atoms with E-state index in [1.807, 2.05) is 6.92 Å². The summed E-state index contributed by atoms with van der Waals surface area (Å²) >= 11 is 0. The van der Waals surface area contributed by atoms with E-state index in [0.29, 0.717) is 13.0 Å². The van der Waals surface area contributed by atoms with Crippen molar-refractivity contribution in [1.82, 2.24) is 10.4 Å². The molecule has 0 aromatic rings. The van der Waals surface area contributed by atoms with Gasteiger partial charge in [-0.3, -0.25) is 10.2 Å². The fourth-order valence-corrected chi connectivity index (χ4v) is 0.618. The number of nitrogens with two attached hydrogens (primary N) is 1. The summed E-state index contributed by atoms with van der Waals surface area (Å²) in [5.74, 6) is 0. The van der Waals surface area contributed by atoms with Gasteiger partial charge in [0, 0.05) is 6.54 Å². The van der Waals surface area contributed by atoms with Gasteiger partial charge in [0.15, 0.2) is 0 Å². The van der Waals surface area contributed by atoms with E-state index in [-0.39, 0.29) is 0 Å². The summed E-state index contributed by atoms with van der Waals surface area (Å²) < 4.78 is 0. The molecular weight excluding hydrogens is 146 g/mol. The maximum Gasteiger partial charge on any atom is 0.333 e. The van der Waals surface area contributed by atoms with Crippen LogP contribution in [0.5, 0.6) is 0 Å². The van der Waals surface area contributed by atoms with Crippen LogP contribution in [0.25, 0.3) is 0 Å². The van der Waals surface area contributed by atoms with Crippen molar-refractivity contribution in [2.75, 3.05) is 6.54 Å². The van der Waals surface area contributed by atoms with Gasteiger partial charge in [0.25, 0.3) is 0 Å². The number of rotatable bonds is 5. The number of carbonyl (C=O) groups excluding carboxylic acids is 2. The monoisotopic (exact) mass is 159 g/mol. The van der Waals surface area contributed by atoms with Crippen molar-refractivity contribution in [3.05, 3.63) is 0 Å². The molecule has 11 heavy (non-hydrogen) atoms. The molecule has 0 aliphatic rings. The molecule has 0 fully saturated rings. The van der Waals surface area contributed by atoms with Gasteiger partial charge in [-0.15, -0.1) is 0 Å². The maximum atomic E-state index is 10.5. The van der Waals surface area contributed by atoms with Crippen LogP contribution in [-0.2, 0) is 4.79 Å². The molecule has 0 radical (unpaired) electrons. The highest BCUT2D eigenvalue weighted by molar-refractivity contribution is 5.73. The molecule has 0 aromatic carbocycles. The van der Waals surface area contributed by atoms with Crippen LogP contribution in [0.2, 0.25) is 0 Å². The lowest BCUT2D eigenvalue weighted by molar-refractivity contribution is -0.112. The first kappa shape index (κ1) is 9.74. The summed E-state index contributed by atoms with van der Waals surface area (Å²) in [5, 5.41) is 1.08. The highest BCUT2D eigenvalue weighted by atomic mass is 16.2. The minimum atomic E-state index is -0.634. The zero-order valence-corrected chi connectivity index (χ0v) is 6.54. The first-order chi connectivity index (χ1) is 5.22. The third-order valence-electron chi connectivity index (χ3n) is 1.21. The molecule has 0 rings (SSSR count). The van der Waals surface area contributed by atoms with Gasteiger partial charge in [0.1, 0.15) is 0 Å². The third-order valence-corrected chi connectivity index (χ3v) is 1.21. The highest BCUT2D eigenvalue weighted by Gasteiger charge is 2.05. The maximum absolute atomic E-state index is 10.5. The van der Waals surface area contributed by atoms with Crippen molar-refractivity contribution >= 4 is 12.4 Å². The normalized spacial score (nSPS) is 8.82. The molecule has 3 amide bonds. The van der Waals surface area contributed by atoms with Crippen LogP contribution in [0.3, 0.4) is 0 Å². The van der Waals surface area contributed by atoms with Gasteiger partial charge in [-0.25, -0.2) is 9.80 Å². The molecule has 0 saturated carbocycles. The molecule has 0 aliphatic heterocycles. The summed E-state index contributed by atoms with van der Waals surface area (Å²) in [7, 11) is 0. The van der Waals surface area contributed by atoms with Gasteiger partial charge < -0.3 is 5.73 Å². The van der Waals surface area contributed by atoms with Crippen LogP contribution < -0.4 is 11.2 Å². The van der Waals surface area contributed by atoms with E-state index in [4.69, 9.17) is 5.73 Å². The van der Waals surface area contributed by atoms with Gasteiger partial charge in [-0.1, -0.05) is 13.3 Å². The molecule has 5 nitrogen and oxygen atoms in total. The predicted octanol–water partition coefficient (Wildman–Crippen LogP) is -0.172. The molecule has 5 heteroatoms. The van der Waals surface area contributed by atoms with Crippen LogP contribution in [0.15, 0.2) is 0 Å². The average Bonchev–Trinajstić information content (AvgIpc) is 1.97. The van der Waals surface area contributed by atoms with Gasteiger partial charge in [-0.2, -0.15) is 0 Å². The lowest BCUT2D eigenvalue weighted by atomic mass is 10.3. The number of hydrogen-bond donors (Lipinski definition) is 2. The summed E-state index contributed by atoms with van der Waals surface area (Å²) in [6, 6.07) is -0.634. The Morgan fingerprint density at radius 3 is 2.73 bits per heavy atom. The topological polar surface area (TPSA) is 75.4 Å². The predicted molar refractivity (Wildman–Crippen MR) is 40.4 cm³/mol. The first-order valence-electron chi connectivity index (χ1n) is 3.49. The number of hydrogen-bond acceptors (Lipinski definition) is 2. The van der Waals surface area contributed by atoms with E-state index in [1.165, 1.54) is 0 Å². The van der Waals surface area contributed by atoms with Crippen LogP contribution in [-0.4, -0.2) is 24.0 Å². The van der Waals surface area contributed by atoms with Crippen molar-refractivity contribution in [1.29, 1.82) is 0 Å². The second kappa shape index (κ2) is 5.52. The lowest BCUT2D eigenvalue weighted by Crippen LogP contribution is -2.45. The molecule has 64 valence electrons. The van der Waals surface area contributed by atoms with Gasteiger partial charge in [0.05, 0.1) is 0 Å². The van der Waals surface area contributed by atoms with Gasteiger partial charge >= 0.3 is 6.03 Å². The molecule has 0 aliphatic carbocycles. The van der Waals surface area contributed by atoms with Crippen LogP contribution in [0, 0.1) is 0 Å². The standard InChI is InChI=1S/C6H13N3O2/c1-2-3-4-9(6(7)11)8-5-10/h5H,2-4H2,1H3,(H2,7,11)(H,8,10). The van der Waals surface area contributed by atoms with E-state index in [9.17, 15) is 9.59 Å². The highest BCUT2D eigenvalue weighted by Crippen LogP contribution is 1.89. The Bertz CT molecular complexity index is 138. The fourth-order valence-electron chi connectivity index (χ4n) is 0.618. The second-order valence-electron chi connectivity index (χ2n) is 2.09. The minimum absolute atomic E-state index is 0.431. The quantitative estimate of drug-likeness (QED) is 0.431. The molecule has 0 unspecified atom stereocenters. The molecule has 0 atom stereocenters. The van der Waals surface area contributed by atoms with E-state index < -0.39 is 6.03 Å². The summed E-state index contributed by atoms with van der Waals surface area (Å²) in [6.07, 6.45) is 2.20. The van der Waals surface area contributed by atoms with E-state index >= 15 is 0 Å². The number of urea groups is 1. The summed E-state index contributed by atoms with van der Waals surface area (Å²) in [4.78, 5) is 20.4. The van der Waals surface area contributed by atoms with Crippen LogP contribution in [0.1, 0.15) is 19.8 Å². The molecule has 0 bridgehead atoms. The number of amides is 3. The number of primary amides is 1. The molecule has 0 aromatic heterocycles. The summed E-state index contributed by atoms with van der Waals surface area (Å²) in [5.41, 5.74) is 7.12. The molecule has 0 heterocycles. The zero-order chi connectivity index (χ0) is 8.69. The number of unbranched alkanes of at least 4 members (excludes halogenated alkanes) is 1. The second-order valence-corrected chi connectivity index (χ2v) is 2.09. The first-order valence-corrected chi connectivity index (χ1v) is 3.49. The molecule has 0 spiro atoms. The fraction of sp³-hybridized carbons (Fsp3) is 0.667. The van der Waals surface area contributed by atoms with E-state index in [0.717, 1.165) is 17.9 Å². The minimum Gasteiger partial charge on any atom is -0.350 e. The Labute approximate surface area is 65.5 Å². The number of hydrazine groups is 1. The van der Waals surface area contributed by atoms with Crippen molar-refractivity contribution in [2.24, 2.45) is 5.73 Å². The van der Waals surface area contributed by atoms with Crippen LogP contribution >= 0.6 is 0 Å². The van der Waals surface area contributed by atoms with Crippen molar-refractivity contribution in [3.8, 4) is 0 Å². The van der Waals surface area contributed by atoms with Crippen molar-refractivity contribution in [3.63, 3.8) is 0 Å². The van der Waals surface area contributed by atoms with Gasteiger partial charge in [0.2, 0.25) is 6.41 Å². The Morgan fingerprint density at radius 2 is 2.36 bits per heavy atom. The number of carbonyl (C=O) groups is 2. The molecular formula is C6H13N3O2. The van der Waals surface area contributed by atoms with E-state index in [1.54, 1.807) is 0 Å². The van der Waals surface area contributed by atoms with Crippen molar-refractivity contribution in [2.45, 2.75) is 19.8 Å².